The van der Waals surface area contributed by atoms with Gasteiger partial charge in [0.05, 0.1) is 35.5 Å². The maximum absolute atomic E-state index is 14.5. The van der Waals surface area contributed by atoms with Crippen molar-refractivity contribution in [3.05, 3.63) is 71.2 Å². The van der Waals surface area contributed by atoms with Crippen molar-refractivity contribution in [1.29, 1.82) is 0 Å². The number of rotatable bonds is 1. The minimum Gasteiger partial charge on any atom is -0.507 e. The van der Waals surface area contributed by atoms with Crippen molar-refractivity contribution in [2.75, 3.05) is 12.4 Å². The molecule has 2 aliphatic heterocycles. The van der Waals surface area contributed by atoms with Crippen molar-refractivity contribution in [3.63, 3.8) is 0 Å². The number of methoxy groups -OCH3 is 1. The first-order valence-electron chi connectivity index (χ1n) is 18.4. The summed E-state index contributed by atoms with van der Waals surface area (Å²) in [5.41, 5.74) is 2.48. The lowest BCUT2D eigenvalue weighted by Crippen LogP contribution is -2.41. The molecule has 2 aromatic heterocycles. The maximum atomic E-state index is 14.5. The highest BCUT2D eigenvalue weighted by Gasteiger charge is 2.49. The van der Waals surface area contributed by atoms with Gasteiger partial charge in [0.25, 0.3) is 11.7 Å². The van der Waals surface area contributed by atoms with Crippen LogP contribution in [-0.2, 0) is 14.3 Å². The number of carbonyl (C=O) groups excluding carboxylic acids is 2. The van der Waals surface area contributed by atoms with Crippen LogP contribution in [0.2, 0.25) is 0 Å². The van der Waals surface area contributed by atoms with Crippen LogP contribution in [0.15, 0.2) is 54.5 Å². The van der Waals surface area contributed by atoms with Crippen molar-refractivity contribution < 1.29 is 44.2 Å². The van der Waals surface area contributed by atoms with E-state index in [9.17, 15) is 30.0 Å². The number of phenols is 2. The summed E-state index contributed by atoms with van der Waals surface area (Å²) in [4.78, 5) is 33.1. The number of hydrogen-bond acceptors (Lipinski definition) is 10. The number of nitrogens with zero attached hydrogens (tertiary/aromatic N) is 2. The van der Waals surface area contributed by atoms with Crippen LogP contribution in [0, 0.1) is 43.4 Å². The van der Waals surface area contributed by atoms with Crippen LogP contribution < -0.4 is 10.1 Å². The van der Waals surface area contributed by atoms with Gasteiger partial charge >= 0.3 is 5.79 Å². The van der Waals surface area contributed by atoms with Gasteiger partial charge in [-0.3, -0.25) is 14.0 Å². The summed E-state index contributed by atoms with van der Waals surface area (Å²) in [6.45, 7) is 16.2. The van der Waals surface area contributed by atoms with Crippen molar-refractivity contribution in [3.8, 4) is 17.2 Å². The van der Waals surface area contributed by atoms with Crippen molar-refractivity contribution in [1.82, 2.24) is 9.38 Å². The number of nitrogens with one attached hydrogen (secondary N) is 1. The number of phenolic OH excluding ortho intramolecular Hbond substituents is 2. The lowest BCUT2D eigenvalue weighted by molar-refractivity contribution is -0.112. The molecule has 12 nitrogen and oxygen atoms in total. The molecule has 0 fully saturated rings. The number of amides is 1. The summed E-state index contributed by atoms with van der Waals surface area (Å²) in [5.74, 6) is -4.94. The molecule has 6 rings (SSSR count). The fourth-order valence-electron chi connectivity index (χ4n) is 7.85. The highest BCUT2D eigenvalue weighted by molar-refractivity contribution is 6.28. The summed E-state index contributed by atoms with van der Waals surface area (Å²) in [7, 11) is 1.57. The number of Topliss-reactive ketones (excluding diaryl/α,β-unsaturated/α-hetero) is 1. The van der Waals surface area contributed by atoms with E-state index in [2.05, 4.69) is 5.32 Å². The molecule has 9 atom stereocenters. The van der Waals surface area contributed by atoms with E-state index in [4.69, 9.17) is 19.2 Å². The fourth-order valence-corrected chi connectivity index (χ4v) is 7.85. The number of ketones is 1. The lowest BCUT2D eigenvalue weighted by Gasteiger charge is -2.37. The van der Waals surface area contributed by atoms with Crippen molar-refractivity contribution in [2.24, 2.45) is 29.6 Å². The van der Waals surface area contributed by atoms with Crippen LogP contribution in [0.1, 0.15) is 70.0 Å². The monoisotopic (exact) mass is 741 g/mol. The fraction of sp³-hybridized carbons (Fsp3) is 0.452. The number of aromatic nitrogens is 2. The Balaban J connectivity index is 1.58. The topological polar surface area (TPSA) is 172 Å². The number of allylic oxidation sites excluding steroid dienone is 2. The number of aromatic hydroxyl groups is 2. The number of pyridine rings is 1. The van der Waals surface area contributed by atoms with Crippen molar-refractivity contribution >= 4 is 44.8 Å². The molecule has 1 amide bonds. The predicted molar refractivity (Wildman–Crippen MR) is 207 cm³/mol. The molecule has 0 saturated heterocycles. The van der Waals surface area contributed by atoms with Gasteiger partial charge in [0.1, 0.15) is 33.9 Å². The number of carbonyl (C=O) groups is 2. The van der Waals surface area contributed by atoms with E-state index in [-0.39, 0.29) is 73.8 Å². The number of imidazole rings is 1. The average Bonchev–Trinajstić information content (AvgIpc) is 3.64. The largest absolute Gasteiger partial charge is 0.507 e. The van der Waals surface area contributed by atoms with E-state index in [1.54, 1.807) is 55.9 Å². The summed E-state index contributed by atoms with van der Waals surface area (Å²) in [6.07, 6.45) is 7.67. The highest BCUT2D eigenvalue weighted by Crippen LogP contribution is 2.54. The van der Waals surface area contributed by atoms with Crippen LogP contribution in [0.25, 0.3) is 27.5 Å². The molecule has 288 valence electrons. The number of benzene rings is 2. The molecule has 2 aliphatic rings. The van der Waals surface area contributed by atoms with Crippen molar-refractivity contribution in [2.45, 2.75) is 86.4 Å². The minimum atomic E-state index is -1.86. The summed E-state index contributed by atoms with van der Waals surface area (Å²) >= 11 is 0. The molecule has 5 N–H and O–H groups in total. The van der Waals surface area contributed by atoms with Gasteiger partial charge in [-0.15, -0.1) is 0 Å². The third kappa shape index (κ3) is 6.29. The Kier molecular flexibility index (Phi) is 10.3. The molecule has 54 heavy (non-hydrogen) atoms. The van der Waals surface area contributed by atoms with E-state index < -0.39 is 47.5 Å². The Bertz CT molecular complexity index is 2250. The number of aliphatic hydroxyl groups excluding tert-OH is 2. The third-order valence-corrected chi connectivity index (χ3v) is 11.8. The van der Waals surface area contributed by atoms with Crippen LogP contribution in [0.3, 0.4) is 0 Å². The Morgan fingerprint density at radius 1 is 0.926 bits per heavy atom. The second kappa shape index (κ2) is 14.4. The Hall–Kier alpha value is -4.91. The first-order chi connectivity index (χ1) is 25.4. The Morgan fingerprint density at radius 2 is 1.63 bits per heavy atom. The molecule has 4 heterocycles. The van der Waals surface area contributed by atoms with E-state index in [1.165, 1.54) is 13.2 Å². The van der Waals surface area contributed by atoms with E-state index in [0.717, 1.165) is 5.56 Å². The standard InChI is InChI=1S/C42H51N3O9/c1-19-14-16-45-28(18-19)43-32-29-30-37(48)26(8)39-31(29)40(50)42(9,54-39)53-17-15-27(52-10)23(5)22(4)24(6)36(47)25(7)35(46)20(2)12-11-13-21(3)41(51)44-33(34(32)45)38(30)49/h11-18,20,22-25,27,35-36,46-49H,1-10H3,(H,44,51)/b12-11+,17-15+,21-13-/t20-,22+,23-,24-,25+,27-,35-,36-,42-/m0/s1. The van der Waals surface area contributed by atoms with Crippen LogP contribution in [-0.4, -0.2) is 72.7 Å². The molecule has 0 spiro atoms. The van der Waals surface area contributed by atoms with Gasteiger partial charge in [-0.25, -0.2) is 4.98 Å². The number of aliphatic hydroxyl groups is 2. The second-order valence-electron chi connectivity index (χ2n) is 15.4. The van der Waals surface area contributed by atoms with E-state index in [0.29, 0.717) is 11.2 Å². The molecule has 2 aromatic carbocycles. The summed E-state index contributed by atoms with van der Waals surface area (Å²) in [6, 6.07) is 3.68. The van der Waals surface area contributed by atoms with Gasteiger partial charge < -0.3 is 40.0 Å². The predicted octanol–water partition coefficient (Wildman–Crippen LogP) is 6.86. The van der Waals surface area contributed by atoms with Crippen LogP contribution in [0.5, 0.6) is 17.2 Å². The molecule has 0 saturated carbocycles. The molecule has 4 aromatic rings. The first kappa shape index (κ1) is 38.8. The number of fused-ring (bicyclic) bond motifs is 2. The summed E-state index contributed by atoms with van der Waals surface area (Å²) < 4.78 is 19.9. The lowest BCUT2D eigenvalue weighted by atomic mass is 9.74. The maximum Gasteiger partial charge on any atom is 0.312 e. The normalized spacial score (nSPS) is 32.0. The molecule has 12 heteroatoms. The Labute approximate surface area is 314 Å². The van der Waals surface area contributed by atoms with Gasteiger partial charge in [-0.2, -0.15) is 0 Å². The van der Waals surface area contributed by atoms with Gasteiger partial charge in [-0.1, -0.05) is 52.8 Å². The highest BCUT2D eigenvalue weighted by atomic mass is 16.7. The third-order valence-electron chi connectivity index (χ3n) is 11.8. The average molecular weight is 742 g/mol. The molecule has 0 radical (unpaired) electrons. The second-order valence-corrected chi connectivity index (χ2v) is 15.4. The first-order valence-corrected chi connectivity index (χ1v) is 18.4. The van der Waals surface area contributed by atoms with Gasteiger partial charge in [-0.05, 0) is 62.3 Å². The van der Waals surface area contributed by atoms with Crippen LogP contribution >= 0.6 is 0 Å². The summed E-state index contributed by atoms with van der Waals surface area (Å²) in [5, 5.41) is 49.3. The molecule has 4 bridgehead atoms. The zero-order valence-electron chi connectivity index (χ0n) is 32.5. The SMILES string of the molecule is CO[C@H]1/C=C/O[C@@]2(C)Oc3c(C)c(O)c4c(O)c(c5c(nc6cc(C)ccn65)c4c3C2=O)NC(=O)/C(C)=C\C=C\[C@H](C)[C@H](O)[C@@H](C)[C@@H](O)[C@@H](C)[C@H](C)[C@@H]1C. The van der Waals surface area contributed by atoms with E-state index in [1.807, 2.05) is 53.7 Å². The Morgan fingerprint density at radius 3 is 2.31 bits per heavy atom. The minimum absolute atomic E-state index is 0.0114. The van der Waals surface area contributed by atoms with E-state index >= 15 is 0 Å². The van der Waals surface area contributed by atoms with Gasteiger partial charge in [0, 0.05) is 48.6 Å². The molecular weight excluding hydrogens is 690 g/mol. The zero-order valence-corrected chi connectivity index (χ0v) is 32.5. The van der Waals surface area contributed by atoms with Crippen LogP contribution in [0.4, 0.5) is 5.69 Å². The molecular formula is C42H51N3O9. The van der Waals surface area contributed by atoms with Gasteiger partial charge in [0.2, 0.25) is 0 Å². The zero-order chi connectivity index (χ0) is 39.5. The van der Waals surface area contributed by atoms with Gasteiger partial charge in [0.15, 0.2) is 5.75 Å². The number of aryl methyl sites for hydroxylation is 1. The number of ether oxygens (including phenoxy) is 3. The molecule has 0 aliphatic carbocycles. The quantitative estimate of drug-likeness (QED) is 0.130. The number of anilines is 1. The number of hydrogen-bond donors (Lipinski definition) is 5. The smallest absolute Gasteiger partial charge is 0.312 e. The molecule has 0 unspecified atom stereocenters.